The van der Waals surface area contributed by atoms with E-state index in [9.17, 15) is 9.90 Å². The zero-order valence-electron chi connectivity index (χ0n) is 11.6. The van der Waals surface area contributed by atoms with Gasteiger partial charge in [0.2, 0.25) is 0 Å². The number of fused-ring (bicyclic) bond motifs is 1. The highest BCUT2D eigenvalue weighted by Gasteiger charge is 2.31. The average molecular weight is 283 g/mol. The Hall–Kier alpha value is -2.40. The fourth-order valence-electron chi connectivity index (χ4n) is 2.61. The van der Waals surface area contributed by atoms with Crippen LogP contribution in [-0.2, 0) is 17.8 Å². The lowest BCUT2D eigenvalue weighted by Gasteiger charge is -2.31. The molecule has 2 N–H and O–H groups in total. The number of imidazole rings is 1. The molecule has 2 aromatic rings. The molecule has 1 unspecified atom stereocenters. The number of aromatic amines is 1. The van der Waals surface area contributed by atoms with Crippen molar-refractivity contribution >= 4 is 12.0 Å². The van der Waals surface area contributed by atoms with Crippen LogP contribution < -0.4 is 0 Å². The second-order valence-electron chi connectivity index (χ2n) is 5.13. The van der Waals surface area contributed by atoms with Gasteiger partial charge in [0.05, 0.1) is 17.7 Å². The number of carboxylic acid groups (broad SMARTS) is 1. The van der Waals surface area contributed by atoms with Gasteiger partial charge in [-0.3, -0.25) is 9.69 Å². The maximum absolute atomic E-state index is 11.4. The van der Waals surface area contributed by atoms with Gasteiger partial charge in [-0.1, -0.05) is 42.5 Å². The summed E-state index contributed by atoms with van der Waals surface area (Å²) in [6.45, 7) is 1.19. The van der Waals surface area contributed by atoms with E-state index >= 15 is 0 Å². The standard InChI is InChI=1S/C16H17N3O2/c20-16(21)15-9-13-14(18-11-17-13)10-19(15)8-4-7-12-5-2-1-3-6-12/h1-7,11,15H,8-10H2,(H,17,18)(H,20,21)/b7-4+. The van der Waals surface area contributed by atoms with Crippen LogP contribution in [-0.4, -0.2) is 38.5 Å². The first kappa shape index (κ1) is 13.6. The molecular formula is C16H17N3O2. The smallest absolute Gasteiger partial charge is 0.321 e. The molecule has 0 aliphatic carbocycles. The van der Waals surface area contributed by atoms with Crippen LogP contribution in [0.25, 0.3) is 6.08 Å². The monoisotopic (exact) mass is 283 g/mol. The fraction of sp³-hybridized carbons (Fsp3) is 0.250. The summed E-state index contributed by atoms with van der Waals surface area (Å²) in [5, 5.41) is 9.38. The predicted octanol–water partition coefficient (Wildman–Crippen LogP) is 1.93. The van der Waals surface area contributed by atoms with Gasteiger partial charge in [-0.2, -0.15) is 0 Å². The molecule has 5 heteroatoms. The summed E-state index contributed by atoms with van der Waals surface area (Å²) >= 11 is 0. The van der Waals surface area contributed by atoms with Crippen LogP contribution >= 0.6 is 0 Å². The fourth-order valence-corrected chi connectivity index (χ4v) is 2.61. The van der Waals surface area contributed by atoms with E-state index in [4.69, 9.17) is 0 Å². The maximum Gasteiger partial charge on any atom is 0.321 e. The minimum Gasteiger partial charge on any atom is -0.480 e. The molecule has 0 spiro atoms. The Morgan fingerprint density at radius 1 is 1.43 bits per heavy atom. The lowest BCUT2D eigenvalue weighted by atomic mass is 10.0. The summed E-state index contributed by atoms with van der Waals surface area (Å²) < 4.78 is 0. The Labute approximate surface area is 122 Å². The molecule has 1 aromatic carbocycles. The van der Waals surface area contributed by atoms with Crippen molar-refractivity contribution in [3.8, 4) is 0 Å². The number of H-pyrrole nitrogens is 1. The first-order valence-corrected chi connectivity index (χ1v) is 6.93. The van der Waals surface area contributed by atoms with Gasteiger partial charge in [-0.25, -0.2) is 4.98 Å². The molecule has 0 bridgehead atoms. The number of carbonyl (C=O) groups is 1. The molecule has 0 saturated carbocycles. The molecule has 0 fully saturated rings. The molecule has 21 heavy (non-hydrogen) atoms. The topological polar surface area (TPSA) is 69.2 Å². The Kier molecular flexibility index (Phi) is 3.83. The van der Waals surface area contributed by atoms with E-state index in [1.165, 1.54) is 0 Å². The Balaban J connectivity index is 1.71. The van der Waals surface area contributed by atoms with Gasteiger partial charge in [0.15, 0.2) is 0 Å². The Bertz CT molecular complexity index is 649. The van der Waals surface area contributed by atoms with E-state index < -0.39 is 12.0 Å². The summed E-state index contributed by atoms with van der Waals surface area (Å²) in [4.78, 5) is 20.6. The van der Waals surface area contributed by atoms with Gasteiger partial charge >= 0.3 is 5.97 Å². The van der Waals surface area contributed by atoms with Crippen molar-refractivity contribution in [2.75, 3.05) is 6.54 Å². The summed E-state index contributed by atoms with van der Waals surface area (Å²) in [6.07, 6.45) is 6.11. The summed E-state index contributed by atoms with van der Waals surface area (Å²) in [5.74, 6) is -0.795. The highest BCUT2D eigenvalue weighted by Crippen LogP contribution is 2.20. The third kappa shape index (κ3) is 3.03. The SMILES string of the molecule is O=C(O)C1Cc2nc[nH]c2CN1C/C=C/c1ccccc1. The molecular weight excluding hydrogens is 266 g/mol. The van der Waals surface area contributed by atoms with Crippen molar-refractivity contribution < 1.29 is 9.90 Å². The van der Waals surface area contributed by atoms with Gasteiger partial charge in [0.25, 0.3) is 0 Å². The van der Waals surface area contributed by atoms with E-state index in [1.807, 2.05) is 47.4 Å². The van der Waals surface area contributed by atoms with Crippen LogP contribution in [0.1, 0.15) is 17.0 Å². The van der Waals surface area contributed by atoms with E-state index in [-0.39, 0.29) is 0 Å². The normalized spacial score (nSPS) is 18.8. The molecule has 5 nitrogen and oxygen atoms in total. The first-order valence-electron chi connectivity index (χ1n) is 6.93. The van der Waals surface area contributed by atoms with Gasteiger partial charge < -0.3 is 10.1 Å². The van der Waals surface area contributed by atoms with Gasteiger partial charge in [0.1, 0.15) is 6.04 Å². The van der Waals surface area contributed by atoms with Gasteiger partial charge in [0, 0.05) is 19.5 Å². The maximum atomic E-state index is 11.4. The summed E-state index contributed by atoms with van der Waals surface area (Å²) in [6, 6.07) is 9.47. The van der Waals surface area contributed by atoms with Gasteiger partial charge in [-0.15, -0.1) is 0 Å². The zero-order valence-corrected chi connectivity index (χ0v) is 11.6. The first-order chi connectivity index (χ1) is 10.2. The highest BCUT2D eigenvalue weighted by atomic mass is 16.4. The Morgan fingerprint density at radius 3 is 3.00 bits per heavy atom. The lowest BCUT2D eigenvalue weighted by molar-refractivity contribution is -0.143. The van der Waals surface area contributed by atoms with Crippen LogP contribution in [0.5, 0.6) is 0 Å². The number of benzene rings is 1. The third-order valence-electron chi connectivity index (χ3n) is 3.73. The molecule has 0 saturated heterocycles. The molecule has 108 valence electrons. The summed E-state index contributed by atoms with van der Waals surface area (Å²) in [5.41, 5.74) is 3.00. The second kappa shape index (κ2) is 5.93. The number of hydrogen-bond donors (Lipinski definition) is 2. The van der Waals surface area contributed by atoms with E-state index in [1.54, 1.807) is 6.33 Å². The molecule has 0 amide bonds. The molecule has 2 heterocycles. The highest BCUT2D eigenvalue weighted by molar-refractivity contribution is 5.74. The quantitative estimate of drug-likeness (QED) is 0.899. The number of aliphatic carboxylic acids is 1. The number of nitrogens with zero attached hydrogens (tertiary/aromatic N) is 2. The molecule has 1 aliphatic rings. The van der Waals surface area contributed by atoms with Crippen LogP contribution in [0, 0.1) is 0 Å². The van der Waals surface area contributed by atoms with Gasteiger partial charge in [-0.05, 0) is 5.56 Å². The van der Waals surface area contributed by atoms with Crippen molar-refractivity contribution in [3.05, 3.63) is 59.7 Å². The molecule has 3 rings (SSSR count). The van der Waals surface area contributed by atoms with Crippen LogP contribution in [0.3, 0.4) is 0 Å². The number of aromatic nitrogens is 2. The number of carboxylic acids is 1. The van der Waals surface area contributed by atoms with Crippen molar-refractivity contribution in [3.63, 3.8) is 0 Å². The molecule has 1 aliphatic heterocycles. The average Bonchev–Trinajstić information content (AvgIpc) is 2.94. The van der Waals surface area contributed by atoms with Crippen molar-refractivity contribution in [2.24, 2.45) is 0 Å². The number of hydrogen-bond acceptors (Lipinski definition) is 3. The minimum atomic E-state index is -0.795. The van der Waals surface area contributed by atoms with E-state index in [2.05, 4.69) is 9.97 Å². The van der Waals surface area contributed by atoms with E-state index in [0.717, 1.165) is 17.0 Å². The van der Waals surface area contributed by atoms with E-state index in [0.29, 0.717) is 19.5 Å². The van der Waals surface area contributed by atoms with Crippen LogP contribution in [0.15, 0.2) is 42.7 Å². The van der Waals surface area contributed by atoms with Crippen LogP contribution in [0.2, 0.25) is 0 Å². The summed E-state index contributed by atoms with van der Waals surface area (Å²) in [7, 11) is 0. The van der Waals surface area contributed by atoms with Crippen molar-refractivity contribution in [1.82, 2.24) is 14.9 Å². The minimum absolute atomic E-state index is 0.452. The lowest BCUT2D eigenvalue weighted by Crippen LogP contribution is -2.45. The zero-order chi connectivity index (χ0) is 14.7. The number of rotatable bonds is 4. The predicted molar refractivity (Wildman–Crippen MR) is 79.6 cm³/mol. The Morgan fingerprint density at radius 2 is 2.24 bits per heavy atom. The molecule has 1 atom stereocenters. The second-order valence-corrected chi connectivity index (χ2v) is 5.13. The van der Waals surface area contributed by atoms with Crippen molar-refractivity contribution in [1.29, 1.82) is 0 Å². The van der Waals surface area contributed by atoms with Crippen molar-refractivity contribution in [2.45, 2.75) is 19.0 Å². The third-order valence-corrected chi connectivity index (χ3v) is 3.73. The van der Waals surface area contributed by atoms with Crippen LogP contribution in [0.4, 0.5) is 0 Å². The molecule has 1 aromatic heterocycles. The number of nitrogens with one attached hydrogen (secondary N) is 1. The molecule has 0 radical (unpaired) electrons. The largest absolute Gasteiger partial charge is 0.480 e.